The second-order valence-corrected chi connectivity index (χ2v) is 5.86. The molecule has 0 spiro atoms. The lowest BCUT2D eigenvalue weighted by atomic mass is 9.71. The minimum atomic E-state index is -0.711. The van der Waals surface area contributed by atoms with Gasteiger partial charge in [-0.05, 0) is 44.6 Å². The van der Waals surface area contributed by atoms with Crippen LogP contribution >= 0.6 is 0 Å². The fourth-order valence-corrected chi connectivity index (χ4v) is 3.18. The van der Waals surface area contributed by atoms with Crippen LogP contribution in [0, 0.1) is 5.92 Å². The molecule has 1 N–H and O–H groups in total. The van der Waals surface area contributed by atoms with Gasteiger partial charge in [0, 0.05) is 12.5 Å². The molecule has 114 valence electrons. The standard InChI is InChI=1S/C16H25NO2.ClH/c1-17(2)12-14-7-4-5-10-16(14,18)13-8-6-9-15(11-13)19-3;/h6,8-9,11,14,18H,4-5,7,10,12H2,1-3H3;1H/p-1/t14-,16+;/m0./s1. The van der Waals surface area contributed by atoms with E-state index in [0.717, 1.165) is 37.1 Å². The maximum absolute atomic E-state index is 11.2. The van der Waals surface area contributed by atoms with Crippen LogP contribution in [0.4, 0.5) is 0 Å². The molecule has 0 radical (unpaired) electrons. The molecule has 0 bridgehead atoms. The summed E-state index contributed by atoms with van der Waals surface area (Å²) in [6.45, 7) is 0.924. The minimum Gasteiger partial charge on any atom is -1.00 e. The zero-order valence-electron chi connectivity index (χ0n) is 12.6. The SMILES string of the molecule is COc1cccc([C@]2(O)CCCC[C@H]2CN(C)C)c1.[Cl-]. The van der Waals surface area contributed by atoms with Crippen LogP contribution in [-0.4, -0.2) is 37.8 Å². The third-order valence-electron chi connectivity index (χ3n) is 4.19. The summed E-state index contributed by atoms with van der Waals surface area (Å²) in [5.74, 6) is 1.11. The van der Waals surface area contributed by atoms with Crippen LogP contribution in [0.25, 0.3) is 0 Å². The quantitative estimate of drug-likeness (QED) is 0.824. The summed E-state index contributed by atoms with van der Waals surface area (Å²) >= 11 is 0. The van der Waals surface area contributed by atoms with Gasteiger partial charge in [-0.3, -0.25) is 0 Å². The van der Waals surface area contributed by atoms with Crippen molar-refractivity contribution >= 4 is 0 Å². The Balaban J connectivity index is 0.00000200. The largest absolute Gasteiger partial charge is 1.00 e. The number of aliphatic hydroxyl groups is 1. The molecule has 1 fully saturated rings. The van der Waals surface area contributed by atoms with Gasteiger partial charge in [0.05, 0.1) is 12.7 Å². The zero-order chi connectivity index (χ0) is 13.9. The van der Waals surface area contributed by atoms with Crippen LogP contribution in [0.1, 0.15) is 31.2 Å². The number of ether oxygens (including phenoxy) is 1. The number of hydrogen-bond donors (Lipinski definition) is 1. The summed E-state index contributed by atoms with van der Waals surface area (Å²) in [6, 6.07) is 7.90. The number of halogens is 1. The van der Waals surface area contributed by atoms with E-state index >= 15 is 0 Å². The van der Waals surface area contributed by atoms with E-state index in [1.54, 1.807) is 7.11 Å². The Morgan fingerprint density at radius 3 is 2.75 bits per heavy atom. The zero-order valence-corrected chi connectivity index (χ0v) is 13.4. The highest BCUT2D eigenvalue weighted by atomic mass is 35.5. The molecule has 0 aromatic heterocycles. The van der Waals surface area contributed by atoms with Crippen LogP contribution in [-0.2, 0) is 5.60 Å². The predicted octanol–water partition coefficient (Wildman–Crippen LogP) is -0.361. The molecule has 1 aliphatic carbocycles. The van der Waals surface area contributed by atoms with Crippen LogP contribution in [0.3, 0.4) is 0 Å². The highest BCUT2D eigenvalue weighted by Crippen LogP contribution is 2.42. The van der Waals surface area contributed by atoms with Gasteiger partial charge in [0.25, 0.3) is 0 Å². The number of methoxy groups -OCH3 is 1. The summed E-state index contributed by atoms with van der Waals surface area (Å²) in [6.07, 6.45) is 4.24. The third kappa shape index (κ3) is 3.66. The van der Waals surface area contributed by atoms with Crippen LogP contribution in [0.5, 0.6) is 5.75 Å². The van der Waals surface area contributed by atoms with Gasteiger partial charge in [-0.2, -0.15) is 0 Å². The first-order chi connectivity index (χ1) is 9.06. The van der Waals surface area contributed by atoms with Crippen molar-refractivity contribution in [2.45, 2.75) is 31.3 Å². The van der Waals surface area contributed by atoms with Gasteiger partial charge < -0.3 is 27.2 Å². The second-order valence-electron chi connectivity index (χ2n) is 5.86. The normalized spacial score (nSPS) is 26.1. The highest BCUT2D eigenvalue weighted by Gasteiger charge is 2.40. The molecule has 0 aliphatic heterocycles. The van der Waals surface area contributed by atoms with Crippen molar-refractivity contribution in [3.05, 3.63) is 29.8 Å². The van der Waals surface area contributed by atoms with E-state index in [9.17, 15) is 5.11 Å². The Kier molecular flexibility index (Phi) is 6.31. The van der Waals surface area contributed by atoms with E-state index < -0.39 is 5.60 Å². The van der Waals surface area contributed by atoms with Gasteiger partial charge in [-0.25, -0.2) is 0 Å². The Morgan fingerprint density at radius 2 is 2.10 bits per heavy atom. The molecule has 20 heavy (non-hydrogen) atoms. The molecule has 1 aromatic rings. The van der Waals surface area contributed by atoms with E-state index in [1.165, 1.54) is 6.42 Å². The van der Waals surface area contributed by atoms with Gasteiger partial charge >= 0.3 is 0 Å². The smallest absolute Gasteiger partial charge is 0.119 e. The summed E-state index contributed by atoms with van der Waals surface area (Å²) in [5.41, 5.74) is 0.287. The summed E-state index contributed by atoms with van der Waals surface area (Å²) < 4.78 is 5.29. The lowest BCUT2D eigenvalue weighted by Gasteiger charge is -2.41. The van der Waals surface area contributed by atoms with Crippen LogP contribution in [0.15, 0.2) is 24.3 Å². The van der Waals surface area contributed by atoms with E-state index in [4.69, 9.17) is 4.74 Å². The third-order valence-corrected chi connectivity index (χ3v) is 4.19. The molecule has 3 nitrogen and oxygen atoms in total. The number of hydrogen-bond acceptors (Lipinski definition) is 3. The molecule has 2 atom stereocenters. The van der Waals surface area contributed by atoms with Crippen molar-refractivity contribution in [3.63, 3.8) is 0 Å². The van der Waals surface area contributed by atoms with E-state index in [-0.39, 0.29) is 12.4 Å². The van der Waals surface area contributed by atoms with Crippen LogP contribution in [0.2, 0.25) is 0 Å². The topological polar surface area (TPSA) is 32.7 Å². The predicted molar refractivity (Wildman–Crippen MR) is 77.4 cm³/mol. The van der Waals surface area contributed by atoms with Gasteiger partial charge in [0.2, 0.25) is 0 Å². The summed E-state index contributed by atoms with van der Waals surface area (Å²) in [7, 11) is 5.81. The van der Waals surface area contributed by atoms with Crippen molar-refractivity contribution in [1.29, 1.82) is 0 Å². The number of nitrogens with zero attached hydrogens (tertiary/aromatic N) is 1. The maximum Gasteiger partial charge on any atom is 0.119 e. The van der Waals surface area contributed by atoms with E-state index in [0.29, 0.717) is 5.92 Å². The molecule has 0 unspecified atom stereocenters. The molecule has 0 amide bonds. The molecule has 1 aromatic carbocycles. The van der Waals surface area contributed by atoms with Crippen molar-refractivity contribution in [3.8, 4) is 5.75 Å². The molecule has 0 heterocycles. The van der Waals surface area contributed by atoms with Crippen molar-refractivity contribution in [2.75, 3.05) is 27.7 Å². The second kappa shape index (κ2) is 7.30. The average Bonchev–Trinajstić information content (AvgIpc) is 2.41. The monoisotopic (exact) mass is 298 g/mol. The first-order valence-corrected chi connectivity index (χ1v) is 7.08. The molecule has 0 saturated heterocycles. The fraction of sp³-hybridized carbons (Fsp3) is 0.625. The number of rotatable bonds is 4. The lowest BCUT2D eigenvalue weighted by Crippen LogP contribution is -3.00. The van der Waals surface area contributed by atoms with Crippen molar-refractivity contribution in [2.24, 2.45) is 5.92 Å². The van der Waals surface area contributed by atoms with Gasteiger partial charge in [-0.1, -0.05) is 25.0 Å². The first kappa shape index (κ1) is 17.3. The average molecular weight is 299 g/mol. The molecule has 4 heteroatoms. The minimum absolute atomic E-state index is 0. The maximum atomic E-state index is 11.2. The molecule has 2 rings (SSSR count). The Morgan fingerprint density at radius 1 is 1.35 bits per heavy atom. The Hall–Kier alpha value is -0.770. The van der Waals surface area contributed by atoms with Gasteiger partial charge in [0.1, 0.15) is 5.75 Å². The van der Waals surface area contributed by atoms with Gasteiger partial charge in [0.15, 0.2) is 0 Å². The highest BCUT2D eigenvalue weighted by molar-refractivity contribution is 5.33. The Bertz CT molecular complexity index is 425. The van der Waals surface area contributed by atoms with E-state index in [2.05, 4.69) is 19.0 Å². The lowest BCUT2D eigenvalue weighted by molar-refractivity contribution is -0.0619. The molecule has 1 saturated carbocycles. The van der Waals surface area contributed by atoms with Crippen molar-refractivity contribution in [1.82, 2.24) is 4.90 Å². The van der Waals surface area contributed by atoms with Crippen LogP contribution < -0.4 is 17.1 Å². The molecular weight excluding hydrogens is 274 g/mol. The van der Waals surface area contributed by atoms with Gasteiger partial charge in [-0.15, -0.1) is 0 Å². The summed E-state index contributed by atoms with van der Waals surface area (Å²) in [5, 5.41) is 11.2. The van der Waals surface area contributed by atoms with Crippen molar-refractivity contribution < 1.29 is 22.3 Å². The number of benzene rings is 1. The van der Waals surface area contributed by atoms with E-state index in [1.807, 2.05) is 24.3 Å². The molecule has 1 aliphatic rings. The first-order valence-electron chi connectivity index (χ1n) is 7.08. The Labute approximate surface area is 128 Å². The fourth-order valence-electron chi connectivity index (χ4n) is 3.18. The summed E-state index contributed by atoms with van der Waals surface area (Å²) in [4.78, 5) is 2.17. The molecular formula is C16H25ClNO2-.